The van der Waals surface area contributed by atoms with E-state index in [2.05, 4.69) is 32.9 Å². The van der Waals surface area contributed by atoms with Gasteiger partial charge in [0, 0.05) is 28.5 Å². The third-order valence-corrected chi connectivity index (χ3v) is 5.59. The third-order valence-electron chi connectivity index (χ3n) is 4.98. The van der Waals surface area contributed by atoms with E-state index in [9.17, 15) is 8.42 Å². The van der Waals surface area contributed by atoms with E-state index in [1.165, 1.54) is 25.7 Å². The lowest BCUT2D eigenvalue weighted by atomic mass is 9.96. The summed E-state index contributed by atoms with van der Waals surface area (Å²) in [6.07, 6.45) is 10.3. The summed E-state index contributed by atoms with van der Waals surface area (Å²) < 4.78 is 25.4. The molecule has 0 amide bonds. The predicted octanol–water partition coefficient (Wildman–Crippen LogP) is 4.56. The number of fused-ring (bicyclic) bond motifs is 1. The Morgan fingerprint density at radius 1 is 1.19 bits per heavy atom. The van der Waals surface area contributed by atoms with Crippen LogP contribution in [0.2, 0.25) is 0 Å². The zero-order chi connectivity index (χ0) is 18.9. The first kappa shape index (κ1) is 17.8. The van der Waals surface area contributed by atoms with E-state index in [1.54, 1.807) is 18.3 Å². The number of sulfonamides is 1. The highest BCUT2D eigenvalue weighted by Crippen LogP contribution is 2.33. The largest absolute Gasteiger partial charge is 0.339 e. The molecule has 6 heteroatoms. The number of H-pyrrole nitrogens is 1. The number of aromatic amines is 1. The number of anilines is 1. The van der Waals surface area contributed by atoms with Crippen LogP contribution in [0.1, 0.15) is 36.9 Å². The highest BCUT2D eigenvalue weighted by atomic mass is 32.2. The summed E-state index contributed by atoms with van der Waals surface area (Å²) in [5.74, 6) is 0.577. The second-order valence-electron chi connectivity index (χ2n) is 7.20. The number of hydrogen-bond donors (Lipinski definition) is 2. The Labute approximate surface area is 159 Å². The molecule has 27 heavy (non-hydrogen) atoms. The van der Waals surface area contributed by atoms with E-state index < -0.39 is 10.0 Å². The molecule has 4 rings (SSSR count). The lowest BCUT2D eigenvalue weighted by Gasteiger charge is -2.11. The van der Waals surface area contributed by atoms with Gasteiger partial charge in [-0.3, -0.25) is 4.72 Å². The molecule has 0 radical (unpaired) electrons. The molecule has 0 bridgehead atoms. The molecule has 0 atom stereocenters. The maximum atomic E-state index is 11.4. The van der Waals surface area contributed by atoms with Crippen LogP contribution >= 0.6 is 0 Å². The fourth-order valence-corrected chi connectivity index (χ4v) is 4.30. The predicted molar refractivity (Wildman–Crippen MR) is 110 cm³/mol. The van der Waals surface area contributed by atoms with Crippen LogP contribution in [0, 0.1) is 5.92 Å². The number of aromatic nitrogens is 2. The Morgan fingerprint density at radius 3 is 2.59 bits per heavy atom. The number of nitrogens with one attached hydrogen (secondary N) is 2. The quantitative estimate of drug-likeness (QED) is 0.680. The number of hydrogen-bond acceptors (Lipinski definition) is 3. The van der Waals surface area contributed by atoms with Gasteiger partial charge in [0.1, 0.15) is 5.65 Å². The minimum absolute atomic E-state index is 0.569. The summed E-state index contributed by atoms with van der Waals surface area (Å²) in [5.41, 5.74) is 4.69. The van der Waals surface area contributed by atoms with Gasteiger partial charge in [-0.2, -0.15) is 0 Å². The number of benzene rings is 1. The van der Waals surface area contributed by atoms with Crippen molar-refractivity contribution in [3.63, 3.8) is 0 Å². The first-order chi connectivity index (χ1) is 13.0. The van der Waals surface area contributed by atoms with Gasteiger partial charge in [-0.05, 0) is 54.7 Å². The van der Waals surface area contributed by atoms with Crippen LogP contribution in [0.4, 0.5) is 5.69 Å². The Balaban J connectivity index is 1.73. The van der Waals surface area contributed by atoms with Gasteiger partial charge in [0.15, 0.2) is 0 Å². The van der Waals surface area contributed by atoms with Gasteiger partial charge in [0.25, 0.3) is 0 Å². The molecular weight excluding hydrogens is 358 g/mol. The molecule has 0 saturated heterocycles. The highest BCUT2D eigenvalue weighted by Gasteiger charge is 2.16. The van der Waals surface area contributed by atoms with E-state index in [0.717, 1.165) is 34.1 Å². The molecule has 1 aromatic carbocycles. The average Bonchev–Trinajstić information content (AvgIpc) is 3.28. The maximum Gasteiger partial charge on any atom is 0.229 e. The summed E-state index contributed by atoms with van der Waals surface area (Å²) in [7, 11) is -3.28. The van der Waals surface area contributed by atoms with Crippen molar-refractivity contribution < 1.29 is 8.42 Å². The fourth-order valence-electron chi connectivity index (χ4n) is 3.74. The molecule has 2 aromatic heterocycles. The molecule has 0 aliphatic heterocycles. The van der Waals surface area contributed by atoms with E-state index in [-0.39, 0.29) is 0 Å². The molecule has 2 N–H and O–H groups in total. The first-order valence-corrected chi connectivity index (χ1v) is 11.1. The van der Waals surface area contributed by atoms with Crippen LogP contribution in [-0.4, -0.2) is 24.6 Å². The number of rotatable bonds is 5. The van der Waals surface area contributed by atoms with E-state index in [1.807, 2.05) is 18.2 Å². The monoisotopic (exact) mass is 381 g/mol. The fraction of sp³-hybridized carbons (Fsp3) is 0.286. The van der Waals surface area contributed by atoms with E-state index in [0.29, 0.717) is 11.6 Å². The molecule has 5 nitrogen and oxygen atoms in total. The van der Waals surface area contributed by atoms with Crippen molar-refractivity contribution >= 4 is 32.3 Å². The van der Waals surface area contributed by atoms with Crippen LogP contribution in [0.15, 0.2) is 54.7 Å². The Bertz CT molecular complexity index is 1040. The van der Waals surface area contributed by atoms with Crippen molar-refractivity contribution in [1.29, 1.82) is 0 Å². The van der Waals surface area contributed by atoms with Crippen LogP contribution in [0.3, 0.4) is 0 Å². The average molecular weight is 382 g/mol. The van der Waals surface area contributed by atoms with Crippen molar-refractivity contribution in [2.45, 2.75) is 25.7 Å². The summed E-state index contributed by atoms with van der Waals surface area (Å²) >= 11 is 0. The Hall–Kier alpha value is -2.60. The molecule has 140 valence electrons. The van der Waals surface area contributed by atoms with Gasteiger partial charge in [-0.1, -0.05) is 31.1 Å². The number of allylic oxidation sites excluding steroid dienone is 1. The summed E-state index contributed by atoms with van der Waals surface area (Å²) in [6.45, 7) is 0. The lowest BCUT2D eigenvalue weighted by molar-refractivity contribution is 0.607. The van der Waals surface area contributed by atoms with Gasteiger partial charge >= 0.3 is 0 Å². The van der Waals surface area contributed by atoms with Crippen LogP contribution in [0.5, 0.6) is 0 Å². The van der Waals surface area contributed by atoms with Crippen molar-refractivity contribution in [1.82, 2.24) is 9.97 Å². The maximum absolute atomic E-state index is 11.4. The summed E-state index contributed by atoms with van der Waals surface area (Å²) in [5, 5.41) is 1.08. The van der Waals surface area contributed by atoms with E-state index in [4.69, 9.17) is 0 Å². The SMILES string of the molecule is CS(=O)(=O)Nc1ccc(/C(=C/C2CCCC2)c2cc3cccnc3[nH]2)cc1. The van der Waals surface area contributed by atoms with Crippen LogP contribution < -0.4 is 4.72 Å². The molecule has 2 heterocycles. The molecule has 3 aromatic rings. The van der Waals surface area contributed by atoms with Crippen molar-refractivity contribution in [3.05, 3.63) is 66.0 Å². The van der Waals surface area contributed by atoms with Crippen molar-refractivity contribution in [2.24, 2.45) is 5.92 Å². The van der Waals surface area contributed by atoms with Crippen molar-refractivity contribution in [2.75, 3.05) is 11.0 Å². The van der Waals surface area contributed by atoms with Gasteiger partial charge < -0.3 is 4.98 Å². The number of nitrogens with zero attached hydrogens (tertiary/aromatic N) is 1. The van der Waals surface area contributed by atoms with Gasteiger partial charge in [-0.25, -0.2) is 13.4 Å². The molecular formula is C21H23N3O2S. The Kier molecular flexibility index (Phi) is 4.74. The smallest absolute Gasteiger partial charge is 0.229 e. The molecule has 1 aliphatic carbocycles. The van der Waals surface area contributed by atoms with E-state index >= 15 is 0 Å². The standard InChI is InChI=1S/C21H23N3O2S/c1-27(25,26)24-18-10-8-16(9-11-18)19(13-15-5-2-3-6-15)20-14-17-7-4-12-22-21(17)23-20/h4,7-15,24H,2-3,5-6H2,1H3,(H,22,23)/b19-13-. The van der Waals surface area contributed by atoms with Gasteiger partial charge in [0.05, 0.1) is 6.26 Å². The zero-order valence-electron chi connectivity index (χ0n) is 15.3. The first-order valence-electron chi connectivity index (χ1n) is 9.22. The summed E-state index contributed by atoms with van der Waals surface area (Å²) in [4.78, 5) is 7.83. The lowest BCUT2D eigenvalue weighted by Crippen LogP contribution is -2.09. The topological polar surface area (TPSA) is 74.8 Å². The Morgan fingerprint density at radius 2 is 1.93 bits per heavy atom. The second kappa shape index (κ2) is 7.19. The van der Waals surface area contributed by atoms with Gasteiger partial charge in [0.2, 0.25) is 10.0 Å². The normalized spacial score (nSPS) is 16.1. The molecule has 0 unspecified atom stereocenters. The van der Waals surface area contributed by atoms with Crippen LogP contribution in [-0.2, 0) is 10.0 Å². The summed E-state index contributed by atoms with van der Waals surface area (Å²) in [6, 6.07) is 13.7. The molecule has 1 fully saturated rings. The number of pyridine rings is 1. The van der Waals surface area contributed by atoms with Crippen LogP contribution in [0.25, 0.3) is 16.6 Å². The molecule has 1 aliphatic rings. The molecule has 1 saturated carbocycles. The highest BCUT2D eigenvalue weighted by molar-refractivity contribution is 7.92. The minimum atomic E-state index is -3.28. The molecule has 0 spiro atoms. The minimum Gasteiger partial charge on any atom is -0.339 e. The second-order valence-corrected chi connectivity index (χ2v) is 8.95. The zero-order valence-corrected chi connectivity index (χ0v) is 16.1. The van der Waals surface area contributed by atoms with Crippen molar-refractivity contribution in [3.8, 4) is 0 Å². The van der Waals surface area contributed by atoms with Gasteiger partial charge in [-0.15, -0.1) is 0 Å². The third kappa shape index (κ3) is 4.22.